The molecule has 4 nitrogen and oxygen atoms in total. The zero-order valence-electron chi connectivity index (χ0n) is 14.4. The lowest BCUT2D eigenvalue weighted by atomic mass is 10.1. The smallest absolute Gasteiger partial charge is 0.255 e. The van der Waals surface area contributed by atoms with Crippen molar-refractivity contribution in [3.63, 3.8) is 0 Å². The summed E-state index contributed by atoms with van der Waals surface area (Å²) >= 11 is 1.62. The van der Waals surface area contributed by atoms with Gasteiger partial charge in [0.05, 0.1) is 17.3 Å². The summed E-state index contributed by atoms with van der Waals surface area (Å²) in [4.78, 5) is 16.9. The molecule has 0 bridgehead atoms. The number of anilines is 1. The molecule has 0 atom stereocenters. The van der Waals surface area contributed by atoms with E-state index < -0.39 is 5.82 Å². The number of nitrogens with zero attached hydrogens (tertiary/aromatic N) is 1. The molecule has 4 aromatic rings. The van der Waals surface area contributed by atoms with Crippen molar-refractivity contribution in [3.05, 3.63) is 78.1 Å². The highest BCUT2D eigenvalue weighted by Gasteiger charge is 2.11. The molecule has 6 heteroatoms. The first-order chi connectivity index (χ1) is 13.1. The quantitative estimate of drug-likeness (QED) is 0.520. The normalized spacial score (nSPS) is 10.7. The molecule has 0 aliphatic rings. The Bertz CT molecular complexity index is 1090. The van der Waals surface area contributed by atoms with Gasteiger partial charge in [0.1, 0.15) is 5.01 Å². The second-order valence-electron chi connectivity index (χ2n) is 5.87. The number of fused-ring (bicyclic) bond motifs is 1. The van der Waals surface area contributed by atoms with Crippen molar-refractivity contribution in [3.8, 4) is 16.3 Å². The molecule has 1 heterocycles. The highest BCUT2D eigenvalue weighted by atomic mass is 32.1. The number of halogens is 1. The molecule has 1 aromatic heterocycles. The Balaban J connectivity index is 1.52. The predicted octanol–water partition coefficient (Wildman–Crippen LogP) is 5.36. The minimum absolute atomic E-state index is 0.103. The summed E-state index contributed by atoms with van der Waals surface area (Å²) < 4.78 is 19.8. The van der Waals surface area contributed by atoms with Crippen LogP contribution in [0.1, 0.15) is 10.4 Å². The topological polar surface area (TPSA) is 51.2 Å². The van der Waals surface area contributed by atoms with Gasteiger partial charge in [-0.3, -0.25) is 4.79 Å². The Kier molecular flexibility index (Phi) is 4.56. The van der Waals surface area contributed by atoms with Crippen LogP contribution in [0.25, 0.3) is 20.8 Å². The van der Waals surface area contributed by atoms with Gasteiger partial charge in [-0.25, -0.2) is 9.37 Å². The third kappa shape index (κ3) is 3.52. The second kappa shape index (κ2) is 7.17. The second-order valence-corrected chi connectivity index (χ2v) is 6.90. The maximum Gasteiger partial charge on any atom is 0.255 e. The first kappa shape index (κ1) is 17.2. The van der Waals surface area contributed by atoms with Crippen molar-refractivity contribution >= 4 is 33.1 Å². The third-order valence-electron chi connectivity index (χ3n) is 4.10. The molecular weight excluding hydrogens is 363 g/mol. The number of carbonyl (C=O) groups excluding carboxylic acids is 1. The first-order valence-corrected chi connectivity index (χ1v) is 9.06. The van der Waals surface area contributed by atoms with E-state index in [1.54, 1.807) is 23.5 Å². The van der Waals surface area contributed by atoms with Gasteiger partial charge < -0.3 is 10.1 Å². The van der Waals surface area contributed by atoms with Crippen LogP contribution in [0.3, 0.4) is 0 Å². The molecule has 4 rings (SSSR count). The van der Waals surface area contributed by atoms with E-state index in [9.17, 15) is 9.18 Å². The standard InChI is InChI=1S/C21H15FN2O2S/c1-26-18-11-8-14(12-16(18)22)20(25)23-15-9-6-13(7-10-15)21-24-17-4-2-3-5-19(17)27-21/h2-12H,1H3,(H,23,25). The van der Waals surface area contributed by atoms with Crippen LogP contribution in [-0.4, -0.2) is 18.0 Å². The number of thiazole rings is 1. The molecule has 0 saturated heterocycles. The monoisotopic (exact) mass is 378 g/mol. The Morgan fingerprint density at radius 2 is 1.85 bits per heavy atom. The van der Waals surface area contributed by atoms with E-state index in [1.807, 2.05) is 36.4 Å². The lowest BCUT2D eigenvalue weighted by molar-refractivity contribution is 0.102. The predicted molar refractivity (Wildman–Crippen MR) is 106 cm³/mol. The molecule has 0 aliphatic heterocycles. The van der Waals surface area contributed by atoms with Crippen LogP contribution in [0.5, 0.6) is 5.75 Å². The molecule has 3 aromatic carbocycles. The average Bonchev–Trinajstić information content (AvgIpc) is 3.12. The summed E-state index contributed by atoms with van der Waals surface area (Å²) in [6.07, 6.45) is 0. The van der Waals surface area contributed by atoms with E-state index >= 15 is 0 Å². The van der Waals surface area contributed by atoms with E-state index in [1.165, 1.54) is 19.2 Å². The van der Waals surface area contributed by atoms with Crippen molar-refractivity contribution in [1.82, 2.24) is 4.98 Å². The van der Waals surface area contributed by atoms with Crippen LogP contribution in [0, 0.1) is 5.82 Å². The summed E-state index contributed by atoms with van der Waals surface area (Å²) in [5.41, 5.74) is 2.80. The van der Waals surface area contributed by atoms with Gasteiger partial charge in [-0.15, -0.1) is 11.3 Å². The summed E-state index contributed by atoms with van der Waals surface area (Å²) in [5, 5.41) is 3.69. The fourth-order valence-electron chi connectivity index (χ4n) is 2.70. The largest absolute Gasteiger partial charge is 0.494 e. The number of amides is 1. The Morgan fingerprint density at radius 3 is 2.56 bits per heavy atom. The molecule has 0 fully saturated rings. The van der Waals surface area contributed by atoms with Crippen molar-refractivity contribution in [1.29, 1.82) is 0 Å². The van der Waals surface area contributed by atoms with Crippen LogP contribution in [0.15, 0.2) is 66.7 Å². The molecule has 0 saturated carbocycles. The van der Waals surface area contributed by atoms with E-state index in [2.05, 4.69) is 10.3 Å². The zero-order chi connectivity index (χ0) is 18.8. The molecule has 27 heavy (non-hydrogen) atoms. The van der Waals surface area contributed by atoms with Gasteiger partial charge in [0.2, 0.25) is 0 Å². The van der Waals surface area contributed by atoms with Crippen molar-refractivity contribution in [2.45, 2.75) is 0 Å². The first-order valence-electron chi connectivity index (χ1n) is 8.25. The van der Waals surface area contributed by atoms with Gasteiger partial charge in [-0.1, -0.05) is 12.1 Å². The third-order valence-corrected chi connectivity index (χ3v) is 5.18. The van der Waals surface area contributed by atoms with Gasteiger partial charge in [0, 0.05) is 16.8 Å². The van der Waals surface area contributed by atoms with Gasteiger partial charge in [0.25, 0.3) is 5.91 Å². The fourth-order valence-corrected chi connectivity index (χ4v) is 3.67. The summed E-state index contributed by atoms with van der Waals surface area (Å²) in [6.45, 7) is 0. The number of rotatable bonds is 4. The summed E-state index contributed by atoms with van der Waals surface area (Å²) in [6, 6.07) is 19.5. The number of aromatic nitrogens is 1. The molecule has 0 aliphatic carbocycles. The van der Waals surface area contributed by atoms with Gasteiger partial charge >= 0.3 is 0 Å². The number of nitrogens with one attached hydrogen (secondary N) is 1. The van der Waals surface area contributed by atoms with E-state index in [4.69, 9.17) is 4.74 Å². The van der Waals surface area contributed by atoms with Crippen molar-refractivity contribution in [2.75, 3.05) is 12.4 Å². The number of benzene rings is 3. The number of para-hydroxylation sites is 1. The lowest BCUT2D eigenvalue weighted by Gasteiger charge is -2.07. The van der Waals surface area contributed by atoms with Crippen LogP contribution in [0.2, 0.25) is 0 Å². The molecule has 1 amide bonds. The van der Waals surface area contributed by atoms with Gasteiger partial charge in [-0.2, -0.15) is 0 Å². The van der Waals surface area contributed by atoms with Crippen LogP contribution >= 0.6 is 11.3 Å². The maximum absolute atomic E-state index is 13.8. The minimum Gasteiger partial charge on any atom is -0.494 e. The number of carbonyl (C=O) groups is 1. The minimum atomic E-state index is -0.573. The highest BCUT2D eigenvalue weighted by molar-refractivity contribution is 7.21. The summed E-state index contributed by atoms with van der Waals surface area (Å²) in [5.74, 6) is -0.854. The molecule has 0 spiro atoms. The van der Waals surface area contributed by atoms with Crippen LogP contribution < -0.4 is 10.1 Å². The zero-order valence-corrected chi connectivity index (χ0v) is 15.2. The van der Waals surface area contributed by atoms with Crippen molar-refractivity contribution in [2.24, 2.45) is 0 Å². The lowest BCUT2D eigenvalue weighted by Crippen LogP contribution is -2.12. The van der Waals surface area contributed by atoms with Crippen LogP contribution in [-0.2, 0) is 0 Å². The number of hydrogen-bond acceptors (Lipinski definition) is 4. The Hall–Kier alpha value is -3.25. The fraction of sp³-hybridized carbons (Fsp3) is 0.0476. The van der Waals surface area contributed by atoms with E-state index in [0.717, 1.165) is 26.9 Å². The molecule has 0 unspecified atom stereocenters. The molecule has 0 radical (unpaired) electrons. The molecular formula is C21H15FN2O2S. The number of ether oxygens (including phenoxy) is 1. The number of hydrogen-bond donors (Lipinski definition) is 1. The van der Waals surface area contributed by atoms with E-state index in [-0.39, 0.29) is 17.2 Å². The van der Waals surface area contributed by atoms with Crippen molar-refractivity contribution < 1.29 is 13.9 Å². The number of methoxy groups -OCH3 is 1. The van der Waals surface area contributed by atoms with Gasteiger partial charge in [-0.05, 0) is 54.6 Å². The van der Waals surface area contributed by atoms with Gasteiger partial charge in [0.15, 0.2) is 11.6 Å². The SMILES string of the molecule is COc1ccc(C(=O)Nc2ccc(-c3nc4ccccc4s3)cc2)cc1F. The molecule has 134 valence electrons. The maximum atomic E-state index is 13.8. The Morgan fingerprint density at radius 1 is 1.07 bits per heavy atom. The Labute approximate surface area is 159 Å². The van der Waals surface area contributed by atoms with E-state index in [0.29, 0.717) is 5.69 Å². The highest BCUT2D eigenvalue weighted by Crippen LogP contribution is 2.30. The average molecular weight is 378 g/mol. The van der Waals surface area contributed by atoms with Crippen LogP contribution in [0.4, 0.5) is 10.1 Å². The summed E-state index contributed by atoms with van der Waals surface area (Å²) in [7, 11) is 1.38. The molecule has 1 N–H and O–H groups in total.